The van der Waals surface area contributed by atoms with Gasteiger partial charge in [0.1, 0.15) is 0 Å². The molecule has 0 aliphatic rings. The molecule has 2 unspecified atom stereocenters. The summed E-state index contributed by atoms with van der Waals surface area (Å²) in [5.41, 5.74) is 0. The molecule has 0 saturated carbocycles. The summed E-state index contributed by atoms with van der Waals surface area (Å²) < 4.78 is 0. The number of alkyl halides is 4. The summed E-state index contributed by atoms with van der Waals surface area (Å²) >= 11 is 20.0. The van der Waals surface area contributed by atoms with Crippen LogP contribution in [0.25, 0.3) is 0 Å². The molecule has 0 saturated heterocycles. The van der Waals surface area contributed by atoms with Crippen LogP contribution in [0.4, 0.5) is 0 Å². The molecule has 0 spiro atoms. The Morgan fingerprint density at radius 3 is 1.13 bits per heavy atom. The molecule has 0 aromatic heterocycles. The summed E-state index contributed by atoms with van der Waals surface area (Å²) in [4.78, 5) is 19.2. The van der Waals surface area contributed by atoms with E-state index in [2.05, 4.69) is 0 Å². The van der Waals surface area contributed by atoms with Crippen molar-refractivity contribution in [1.82, 2.24) is 0 Å². The first-order chi connectivity index (χ1) is 6.36. The second kappa shape index (κ2) is 13.1. The summed E-state index contributed by atoms with van der Waals surface area (Å²) in [6.45, 7) is 0. The fourth-order valence-electron chi connectivity index (χ4n) is 0.126. The molecule has 0 heterocycles. The fourth-order valence-corrected chi connectivity index (χ4v) is 0.378. The van der Waals surface area contributed by atoms with Crippen LogP contribution < -0.4 is 10.2 Å². The summed E-state index contributed by atoms with van der Waals surface area (Å²) in [7, 11) is 0. The van der Waals surface area contributed by atoms with E-state index in [0.717, 1.165) is 0 Å². The first-order valence-electron chi connectivity index (χ1n) is 3.18. The second-order valence-electron chi connectivity index (χ2n) is 1.88. The number of hydrogen-bond donors (Lipinski definition) is 0. The third-order valence-corrected chi connectivity index (χ3v) is 2.38. The number of carbonyl (C=O) groups excluding carboxylic acids is 2. The molecule has 0 aliphatic heterocycles. The molecule has 4 nitrogen and oxygen atoms in total. The van der Waals surface area contributed by atoms with E-state index in [4.69, 9.17) is 46.4 Å². The van der Waals surface area contributed by atoms with E-state index in [1.54, 1.807) is 0 Å². The van der Waals surface area contributed by atoms with E-state index in [0.29, 0.717) is 0 Å². The van der Waals surface area contributed by atoms with Gasteiger partial charge in [-0.25, -0.2) is 0 Å². The van der Waals surface area contributed by atoms with Gasteiger partial charge in [0.05, 0.1) is 22.7 Å². The Morgan fingerprint density at radius 1 is 0.933 bits per heavy atom. The molecular formula is C6H6Cl4HgO4. The molecule has 0 radical (unpaired) electrons. The van der Waals surface area contributed by atoms with Crippen molar-refractivity contribution >= 4 is 58.3 Å². The van der Waals surface area contributed by atoms with E-state index in [-0.39, 0.29) is 39.4 Å². The molecule has 84 valence electrons. The van der Waals surface area contributed by atoms with E-state index in [9.17, 15) is 19.8 Å². The van der Waals surface area contributed by atoms with Crippen molar-refractivity contribution in [2.45, 2.75) is 10.8 Å². The predicted octanol–water partition coefficient (Wildman–Crippen LogP) is -0.838. The smallest absolute Gasteiger partial charge is 0.548 e. The first-order valence-corrected chi connectivity index (χ1v) is 5.12. The minimum Gasteiger partial charge on any atom is -0.548 e. The maximum atomic E-state index is 9.60. The van der Waals surface area contributed by atoms with Crippen LogP contribution in [0.3, 0.4) is 0 Å². The van der Waals surface area contributed by atoms with Crippen LogP contribution in [-0.4, -0.2) is 34.5 Å². The molecule has 0 rings (SSSR count). The largest absolute Gasteiger partial charge is 2.00 e. The van der Waals surface area contributed by atoms with Crippen molar-refractivity contribution < 1.29 is 47.5 Å². The number of carbonyl (C=O) groups is 2. The minimum atomic E-state index is -1.32. The quantitative estimate of drug-likeness (QED) is 0.385. The van der Waals surface area contributed by atoms with Crippen molar-refractivity contribution in [2.75, 3.05) is 11.8 Å². The molecule has 9 heteroatoms. The van der Waals surface area contributed by atoms with E-state index >= 15 is 0 Å². The van der Waals surface area contributed by atoms with Crippen molar-refractivity contribution in [3.63, 3.8) is 0 Å². The molecule has 0 bridgehead atoms. The molecule has 0 fully saturated rings. The van der Waals surface area contributed by atoms with Crippen LogP contribution in [0.1, 0.15) is 0 Å². The number of hydrogen-bond acceptors (Lipinski definition) is 4. The molecule has 15 heavy (non-hydrogen) atoms. The van der Waals surface area contributed by atoms with Crippen LogP contribution in [0.15, 0.2) is 0 Å². The Labute approximate surface area is 127 Å². The average Bonchev–Trinajstić information content (AvgIpc) is 2.15. The van der Waals surface area contributed by atoms with Gasteiger partial charge in [0, 0.05) is 11.8 Å². The number of halogens is 4. The first kappa shape index (κ1) is 21.3. The number of carboxylic acids is 2. The third-order valence-electron chi connectivity index (χ3n) is 0.782. The van der Waals surface area contributed by atoms with Crippen LogP contribution >= 0.6 is 46.4 Å². The Kier molecular flexibility index (Phi) is 18.6. The van der Waals surface area contributed by atoms with E-state index in [1.165, 1.54) is 0 Å². The van der Waals surface area contributed by atoms with Gasteiger partial charge >= 0.3 is 27.7 Å². The standard InChI is InChI=1S/2C3H4Cl2O2.Hg/c2*4-1-2(5)3(6)7;/h2*2H,1H2,(H,6,7);/q;;+2/p-2. The van der Waals surface area contributed by atoms with Gasteiger partial charge in [-0.2, -0.15) is 0 Å². The SMILES string of the molecule is O=C([O-])C(Cl)CCl.O=C([O-])C(Cl)CCl.[Hg+2]. The van der Waals surface area contributed by atoms with Gasteiger partial charge in [0.25, 0.3) is 0 Å². The fraction of sp³-hybridized carbons (Fsp3) is 0.667. The molecular weight excluding hydrogens is 478 g/mol. The zero-order valence-electron chi connectivity index (χ0n) is 7.42. The van der Waals surface area contributed by atoms with Crippen molar-refractivity contribution in [3.05, 3.63) is 0 Å². The number of rotatable bonds is 4. The summed E-state index contributed by atoms with van der Waals surface area (Å²) in [5, 5.41) is 17.1. The maximum Gasteiger partial charge on any atom is 2.00 e. The predicted molar refractivity (Wildman–Crippen MR) is 50.7 cm³/mol. The van der Waals surface area contributed by atoms with Gasteiger partial charge in [0.15, 0.2) is 0 Å². The van der Waals surface area contributed by atoms with Crippen molar-refractivity contribution in [2.24, 2.45) is 0 Å². The molecule has 2 atom stereocenters. The van der Waals surface area contributed by atoms with Crippen molar-refractivity contribution in [3.8, 4) is 0 Å². The minimum absolute atomic E-state index is 0. The third kappa shape index (κ3) is 15.0. The number of aliphatic carboxylic acids is 2. The topological polar surface area (TPSA) is 80.3 Å². The molecule has 0 aromatic rings. The van der Waals surface area contributed by atoms with Crippen LogP contribution in [-0.2, 0) is 37.3 Å². The Morgan fingerprint density at radius 2 is 1.13 bits per heavy atom. The van der Waals surface area contributed by atoms with Crippen LogP contribution in [0.2, 0.25) is 0 Å². The Bertz CT molecular complexity index is 172. The van der Waals surface area contributed by atoms with Gasteiger partial charge in [0.2, 0.25) is 0 Å². The second-order valence-corrected chi connectivity index (χ2v) is 3.55. The zero-order chi connectivity index (χ0) is 11.7. The molecule has 0 amide bonds. The molecule has 0 aromatic carbocycles. The molecule has 0 aliphatic carbocycles. The van der Waals surface area contributed by atoms with Gasteiger partial charge in [-0.1, -0.05) is 0 Å². The Balaban J connectivity index is -0.000000180. The monoisotopic (exact) mass is 484 g/mol. The normalized spacial score (nSPS) is 12.5. The average molecular weight is 485 g/mol. The number of carboxylic acid groups (broad SMARTS) is 2. The Hall–Kier alpha value is 1.04. The van der Waals surface area contributed by atoms with Crippen LogP contribution in [0, 0.1) is 0 Å². The van der Waals surface area contributed by atoms with Crippen LogP contribution in [0.5, 0.6) is 0 Å². The maximum absolute atomic E-state index is 9.60. The van der Waals surface area contributed by atoms with Gasteiger partial charge < -0.3 is 19.8 Å². The van der Waals surface area contributed by atoms with E-state index < -0.39 is 22.7 Å². The molecule has 0 N–H and O–H groups in total. The van der Waals surface area contributed by atoms with E-state index in [1.807, 2.05) is 0 Å². The summed E-state index contributed by atoms with van der Waals surface area (Å²) in [5.74, 6) is -2.86. The van der Waals surface area contributed by atoms with Gasteiger partial charge in [-0.15, -0.1) is 46.4 Å². The van der Waals surface area contributed by atoms with Gasteiger partial charge in [-0.05, 0) is 0 Å². The van der Waals surface area contributed by atoms with Gasteiger partial charge in [-0.3, -0.25) is 0 Å². The zero-order valence-corrected chi connectivity index (χ0v) is 15.9. The van der Waals surface area contributed by atoms with Crippen molar-refractivity contribution in [1.29, 1.82) is 0 Å². The summed E-state index contributed by atoms with van der Waals surface area (Å²) in [6, 6.07) is 0. The summed E-state index contributed by atoms with van der Waals surface area (Å²) in [6.07, 6.45) is 0.